The number of carboxylic acid groups (broad SMARTS) is 1. The summed E-state index contributed by atoms with van der Waals surface area (Å²) in [6, 6.07) is 6.23. The predicted molar refractivity (Wildman–Crippen MR) is 76.0 cm³/mol. The van der Waals surface area contributed by atoms with E-state index in [2.05, 4.69) is 11.0 Å². The molecule has 1 unspecified atom stereocenters. The van der Waals surface area contributed by atoms with Crippen LogP contribution in [0.4, 0.5) is 0 Å². The maximum atomic E-state index is 11.3. The standard InChI is InChI=1S/C16H21NO3/c18-16(19)15-5-1-3-12-11-17(8-6-14(12)15)13-4-2-9-20-10-7-13/h1,3,5,13H,2,4,6-11H2,(H,18,19). The topological polar surface area (TPSA) is 49.8 Å². The van der Waals surface area contributed by atoms with Gasteiger partial charge in [-0.1, -0.05) is 12.1 Å². The number of hydrogen-bond donors (Lipinski definition) is 1. The van der Waals surface area contributed by atoms with Crippen LogP contribution in [0.3, 0.4) is 0 Å². The molecular formula is C16H21NO3. The second kappa shape index (κ2) is 5.94. The number of rotatable bonds is 2. The molecular weight excluding hydrogens is 254 g/mol. The van der Waals surface area contributed by atoms with Crippen LogP contribution >= 0.6 is 0 Å². The number of carboxylic acids is 1. The number of carbonyl (C=O) groups is 1. The van der Waals surface area contributed by atoms with Crippen LogP contribution < -0.4 is 0 Å². The van der Waals surface area contributed by atoms with Crippen molar-refractivity contribution >= 4 is 5.97 Å². The minimum Gasteiger partial charge on any atom is -0.478 e. The van der Waals surface area contributed by atoms with Crippen LogP contribution in [0, 0.1) is 0 Å². The summed E-state index contributed by atoms with van der Waals surface area (Å²) in [6.45, 7) is 3.57. The largest absolute Gasteiger partial charge is 0.478 e. The Labute approximate surface area is 119 Å². The summed E-state index contributed by atoms with van der Waals surface area (Å²) in [5.41, 5.74) is 2.69. The molecule has 1 aromatic carbocycles. The maximum absolute atomic E-state index is 11.3. The number of aromatic carboxylic acids is 1. The van der Waals surface area contributed by atoms with Gasteiger partial charge < -0.3 is 9.84 Å². The van der Waals surface area contributed by atoms with Crippen LogP contribution in [-0.2, 0) is 17.7 Å². The molecule has 0 bridgehead atoms. The van der Waals surface area contributed by atoms with Crippen LogP contribution in [0.5, 0.6) is 0 Å². The zero-order valence-corrected chi connectivity index (χ0v) is 11.7. The molecule has 4 heteroatoms. The lowest BCUT2D eigenvalue weighted by molar-refractivity contribution is 0.0694. The van der Waals surface area contributed by atoms with Gasteiger partial charge in [0.2, 0.25) is 0 Å². The fourth-order valence-corrected chi connectivity index (χ4v) is 3.40. The highest BCUT2D eigenvalue weighted by atomic mass is 16.5. The monoisotopic (exact) mass is 275 g/mol. The molecule has 1 atom stereocenters. The van der Waals surface area contributed by atoms with Crippen LogP contribution in [-0.4, -0.2) is 41.8 Å². The third-order valence-corrected chi connectivity index (χ3v) is 4.46. The minimum atomic E-state index is -0.807. The van der Waals surface area contributed by atoms with E-state index in [0.717, 1.165) is 51.1 Å². The Hall–Kier alpha value is -1.39. The normalized spacial score (nSPS) is 23.9. The fraction of sp³-hybridized carbons (Fsp3) is 0.562. The summed E-state index contributed by atoms with van der Waals surface area (Å²) in [5, 5.41) is 9.26. The molecule has 1 N–H and O–H groups in total. The molecule has 2 aliphatic rings. The van der Waals surface area contributed by atoms with Crippen LogP contribution in [0.25, 0.3) is 0 Å². The third kappa shape index (κ3) is 2.72. The number of nitrogens with zero attached hydrogens (tertiary/aromatic N) is 1. The van der Waals surface area contributed by atoms with Gasteiger partial charge in [-0.25, -0.2) is 4.79 Å². The molecule has 1 aromatic rings. The van der Waals surface area contributed by atoms with Crippen LogP contribution in [0.2, 0.25) is 0 Å². The molecule has 1 saturated heterocycles. The number of fused-ring (bicyclic) bond motifs is 1. The minimum absolute atomic E-state index is 0.478. The van der Waals surface area contributed by atoms with Gasteiger partial charge >= 0.3 is 5.97 Å². The van der Waals surface area contributed by atoms with Gasteiger partial charge in [-0.3, -0.25) is 4.90 Å². The molecule has 2 heterocycles. The highest BCUT2D eigenvalue weighted by molar-refractivity contribution is 5.89. The summed E-state index contributed by atoms with van der Waals surface area (Å²) in [7, 11) is 0. The average Bonchev–Trinajstić information content (AvgIpc) is 2.75. The van der Waals surface area contributed by atoms with Gasteiger partial charge in [-0.05, 0) is 42.9 Å². The predicted octanol–water partition coefficient (Wildman–Crippen LogP) is 2.31. The first kappa shape index (κ1) is 13.6. The summed E-state index contributed by atoms with van der Waals surface area (Å²) in [4.78, 5) is 13.8. The summed E-state index contributed by atoms with van der Waals surface area (Å²) < 4.78 is 5.53. The van der Waals surface area contributed by atoms with Gasteiger partial charge in [0.15, 0.2) is 0 Å². The van der Waals surface area contributed by atoms with Crippen molar-refractivity contribution in [1.29, 1.82) is 0 Å². The van der Waals surface area contributed by atoms with Crippen molar-refractivity contribution in [3.8, 4) is 0 Å². The van der Waals surface area contributed by atoms with Crippen molar-refractivity contribution in [3.63, 3.8) is 0 Å². The van der Waals surface area contributed by atoms with Crippen molar-refractivity contribution in [2.75, 3.05) is 19.8 Å². The van der Waals surface area contributed by atoms with Crippen molar-refractivity contribution in [2.24, 2.45) is 0 Å². The second-order valence-corrected chi connectivity index (χ2v) is 5.67. The zero-order chi connectivity index (χ0) is 13.9. The van der Waals surface area contributed by atoms with Crippen molar-refractivity contribution in [1.82, 2.24) is 4.90 Å². The molecule has 2 aliphatic heterocycles. The van der Waals surface area contributed by atoms with E-state index >= 15 is 0 Å². The molecule has 1 fully saturated rings. The van der Waals surface area contributed by atoms with E-state index in [1.165, 1.54) is 12.0 Å². The zero-order valence-electron chi connectivity index (χ0n) is 11.7. The Morgan fingerprint density at radius 1 is 1.30 bits per heavy atom. The molecule has 4 nitrogen and oxygen atoms in total. The van der Waals surface area contributed by atoms with Gasteiger partial charge in [0.1, 0.15) is 0 Å². The van der Waals surface area contributed by atoms with Crippen LogP contribution in [0.1, 0.15) is 40.7 Å². The molecule has 0 spiro atoms. The Bertz CT molecular complexity index is 492. The first-order chi connectivity index (χ1) is 9.75. The quantitative estimate of drug-likeness (QED) is 0.900. The van der Waals surface area contributed by atoms with Crippen molar-refractivity contribution in [2.45, 2.75) is 38.3 Å². The molecule has 108 valence electrons. The lowest BCUT2D eigenvalue weighted by Gasteiger charge is -2.35. The lowest BCUT2D eigenvalue weighted by Crippen LogP contribution is -2.39. The first-order valence-corrected chi connectivity index (χ1v) is 7.41. The van der Waals surface area contributed by atoms with E-state index in [1.807, 2.05) is 6.07 Å². The summed E-state index contributed by atoms with van der Waals surface area (Å²) >= 11 is 0. The molecule has 0 amide bonds. The average molecular weight is 275 g/mol. The number of hydrogen-bond acceptors (Lipinski definition) is 3. The number of ether oxygens (including phenoxy) is 1. The molecule has 0 aromatic heterocycles. The lowest BCUT2D eigenvalue weighted by atomic mass is 9.92. The molecule has 0 saturated carbocycles. The van der Waals surface area contributed by atoms with E-state index in [0.29, 0.717) is 11.6 Å². The van der Waals surface area contributed by atoms with Gasteiger partial charge in [-0.15, -0.1) is 0 Å². The third-order valence-electron chi connectivity index (χ3n) is 4.46. The van der Waals surface area contributed by atoms with Gasteiger partial charge in [-0.2, -0.15) is 0 Å². The maximum Gasteiger partial charge on any atom is 0.335 e. The van der Waals surface area contributed by atoms with E-state index < -0.39 is 5.97 Å². The highest BCUT2D eigenvalue weighted by Crippen LogP contribution is 2.26. The van der Waals surface area contributed by atoms with E-state index in [4.69, 9.17) is 4.74 Å². The van der Waals surface area contributed by atoms with Crippen molar-refractivity contribution < 1.29 is 14.6 Å². The SMILES string of the molecule is O=C(O)c1cccc2c1CCN(C1CCCOCC1)C2. The highest BCUT2D eigenvalue weighted by Gasteiger charge is 2.26. The Morgan fingerprint density at radius 3 is 3.05 bits per heavy atom. The Kier molecular flexibility index (Phi) is 4.03. The molecule has 0 radical (unpaired) electrons. The fourth-order valence-electron chi connectivity index (χ4n) is 3.40. The summed E-state index contributed by atoms with van der Waals surface area (Å²) in [6.07, 6.45) is 4.25. The van der Waals surface area contributed by atoms with Gasteiger partial charge in [0.25, 0.3) is 0 Å². The van der Waals surface area contributed by atoms with E-state index in [1.54, 1.807) is 6.07 Å². The first-order valence-electron chi connectivity index (χ1n) is 7.41. The molecule has 3 rings (SSSR count). The number of benzene rings is 1. The van der Waals surface area contributed by atoms with Gasteiger partial charge in [0, 0.05) is 32.3 Å². The van der Waals surface area contributed by atoms with Gasteiger partial charge in [0.05, 0.1) is 5.56 Å². The van der Waals surface area contributed by atoms with Crippen molar-refractivity contribution in [3.05, 3.63) is 34.9 Å². The molecule has 0 aliphatic carbocycles. The Balaban J connectivity index is 1.78. The van der Waals surface area contributed by atoms with E-state index in [-0.39, 0.29) is 0 Å². The van der Waals surface area contributed by atoms with E-state index in [9.17, 15) is 9.90 Å². The molecule has 20 heavy (non-hydrogen) atoms. The smallest absolute Gasteiger partial charge is 0.335 e. The van der Waals surface area contributed by atoms with Crippen LogP contribution in [0.15, 0.2) is 18.2 Å². The Morgan fingerprint density at radius 2 is 2.20 bits per heavy atom. The second-order valence-electron chi connectivity index (χ2n) is 5.67. The summed E-state index contributed by atoms with van der Waals surface area (Å²) in [5.74, 6) is -0.807.